The van der Waals surface area contributed by atoms with Gasteiger partial charge in [0.25, 0.3) is 0 Å². The number of rotatable bonds is 3. The molecular weight excluding hydrogens is 282 g/mol. The Kier molecular flexibility index (Phi) is 3.60. The fourth-order valence-corrected chi connectivity index (χ4v) is 2.93. The molecule has 0 aliphatic heterocycles. The van der Waals surface area contributed by atoms with E-state index in [1.807, 2.05) is 0 Å². The van der Waals surface area contributed by atoms with Crippen LogP contribution in [0.1, 0.15) is 16.2 Å². The first-order chi connectivity index (χ1) is 8.06. The van der Waals surface area contributed by atoms with E-state index in [-0.39, 0.29) is 10.7 Å². The first-order valence-electron chi connectivity index (χ1n) is 4.44. The molecule has 88 valence electrons. The largest absolute Gasteiger partial charge is 0.478 e. The van der Waals surface area contributed by atoms with E-state index >= 15 is 0 Å². The summed E-state index contributed by atoms with van der Waals surface area (Å²) in [7, 11) is 0. The van der Waals surface area contributed by atoms with Gasteiger partial charge in [-0.2, -0.15) is 4.37 Å². The third kappa shape index (κ3) is 2.93. The molecule has 0 saturated carbocycles. The molecule has 0 aliphatic carbocycles. The van der Waals surface area contributed by atoms with Crippen molar-refractivity contribution in [1.29, 1.82) is 0 Å². The summed E-state index contributed by atoms with van der Waals surface area (Å²) < 4.78 is 4.65. The SMILES string of the molecule is Cc1nsc(Sc2nc(Cl)ccc2C(=O)O)n1. The Morgan fingerprint density at radius 2 is 2.24 bits per heavy atom. The van der Waals surface area contributed by atoms with Crippen molar-refractivity contribution in [2.24, 2.45) is 0 Å². The molecule has 8 heteroatoms. The number of aromatic nitrogens is 3. The zero-order valence-electron chi connectivity index (χ0n) is 8.55. The molecule has 1 N–H and O–H groups in total. The van der Waals surface area contributed by atoms with Crippen molar-refractivity contribution in [2.75, 3.05) is 0 Å². The topological polar surface area (TPSA) is 76.0 Å². The fraction of sp³-hybridized carbons (Fsp3) is 0.111. The van der Waals surface area contributed by atoms with Gasteiger partial charge in [-0.1, -0.05) is 11.6 Å². The number of halogens is 1. The normalized spacial score (nSPS) is 10.5. The number of hydrogen-bond acceptors (Lipinski definition) is 6. The molecule has 2 rings (SSSR count). The fourth-order valence-electron chi connectivity index (χ4n) is 1.06. The summed E-state index contributed by atoms with van der Waals surface area (Å²) in [6.07, 6.45) is 0. The number of carbonyl (C=O) groups is 1. The lowest BCUT2D eigenvalue weighted by Gasteiger charge is -2.02. The van der Waals surface area contributed by atoms with E-state index in [2.05, 4.69) is 14.3 Å². The first kappa shape index (κ1) is 12.3. The summed E-state index contributed by atoms with van der Waals surface area (Å²) in [4.78, 5) is 19.1. The number of nitrogens with zero attached hydrogens (tertiary/aromatic N) is 3. The predicted molar refractivity (Wildman–Crippen MR) is 65.0 cm³/mol. The number of hydrogen-bond donors (Lipinski definition) is 1. The Balaban J connectivity index is 2.37. The quantitative estimate of drug-likeness (QED) is 0.875. The Bertz CT molecular complexity index is 573. The minimum Gasteiger partial charge on any atom is -0.478 e. The Morgan fingerprint density at radius 3 is 2.82 bits per heavy atom. The second-order valence-corrected chi connectivity index (χ2v) is 5.38. The summed E-state index contributed by atoms with van der Waals surface area (Å²) in [6.45, 7) is 1.77. The number of aromatic carboxylic acids is 1. The van der Waals surface area contributed by atoms with Crippen molar-refractivity contribution in [3.05, 3.63) is 28.7 Å². The van der Waals surface area contributed by atoms with Gasteiger partial charge in [0.05, 0.1) is 5.56 Å². The van der Waals surface area contributed by atoms with Gasteiger partial charge in [-0.05, 0) is 42.4 Å². The number of pyridine rings is 1. The smallest absolute Gasteiger partial charge is 0.338 e. The van der Waals surface area contributed by atoms with Crippen LogP contribution in [0.15, 0.2) is 21.5 Å². The second kappa shape index (κ2) is 4.99. The molecular formula is C9H6ClN3O2S2. The van der Waals surface area contributed by atoms with E-state index in [1.54, 1.807) is 6.92 Å². The third-order valence-corrected chi connectivity index (χ3v) is 3.81. The van der Waals surface area contributed by atoms with Gasteiger partial charge in [-0.25, -0.2) is 14.8 Å². The van der Waals surface area contributed by atoms with Crippen molar-refractivity contribution < 1.29 is 9.90 Å². The van der Waals surface area contributed by atoms with Crippen LogP contribution in [0.3, 0.4) is 0 Å². The molecule has 0 aromatic carbocycles. The Hall–Kier alpha value is -1.18. The molecule has 0 aliphatic rings. The van der Waals surface area contributed by atoms with Crippen molar-refractivity contribution in [2.45, 2.75) is 16.3 Å². The molecule has 0 unspecified atom stereocenters. The van der Waals surface area contributed by atoms with Gasteiger partial charge in [0.1, 0.15) is 16.0 Å². The van der Waals surface area contributed by atoms with Gasteiger partial charge >= 0.3 is 5.97 Å². The van der Waals surface area contributed by atoms with Crippen LogP contribution < -0.4 is 0 Å². The number of carboxylic acid groups (broad SMARTS) is 1. The predicted octanol–water partition coefficient (Wildman–Crippen LogP) is 2.74. The monoisotopic (exact) mass is 287 g/mol. The van der Waals surface area contributed by atoms with Gasteiger partial charge in [0, 0.05) is 0 Å². The van der Waals surface area contributed by atoms with Gasteiger partial charge in [-0.15, -0.1) is 0 Å². The molecule has 17 heavy (non-hydrogen) atoms. The van der Waals surface area contributed by atoms with E-state index in [0.29, 0.717) is 15.2 Å². The van der Waals surface area contributed by atoms with E-state index in [0.717, 1.165) is 11.8 Å². The minimum atomic E-state index is -1.04. The molecule has 0 bridgehead atoms. The molecule has 0 amide bonds. The highest BCUT2D eigenvalue weighted by Crippen LogP contribution is 2.31. The summed E-state index contributed by atoms with van der Waals surface area (Å²) in [5.41, 5.74) is 0.104. The summed E-state index contributed by atoms with van der Waals surface area (Å²) in [5, 5.41) is 9.58. The molecule has 5 nitrogen and oxygen atoms in total. The maximum atomic E-state index is 11.0. The molecule has 0 spiro atoms. The van der Waals surface area contributed by atoms with Crippen LogP contribution in [0.5, 0.6) is 0 Å². The van der Waals surface area contributed by atoms with Crippen LogP contribution in [0.2, 0.25) is 5.15 Å². The summed E-state index contributed by atoms with van der Waals surface area (Å²) >= 11 is 8.09. The molecule has 0 saturated heterocycles. The molecule has 0 radical (unpaired) electrons. The van der Waals surface area contributed by atoms with Crippen LogP contribution in [0, 0.1) is 6.92 Å². The van der Waals surface area contributed by atoms with Crippen LogP contribution in [-0.2, 0) is 0 Å². The second-order valence-electron chi connectivity index (χ2n) is 3.00. The van der Waals surface area contributed by atoms with Gasteiger partial charge in [-0.3, -0.25) is 0 Å². The highest BCUT2D eigenvalue weighted by molar-refractivity contribution is 8.01. The van der Waals surface area contributed by atoms with Crippen LogP contribution in [0.25, 0.3) is 0 Å². The number of carboxylic acids is 1. The Morgan fingerprint density at radius 1 is 1.47 bits per heavy atom. The highest BCUT2D eigenvalue weighted by Gasteiger charge is 2.15. The molecule has 2 heterocycles. The minimum absolute atomic E-state index is 0.104. The first-order valence-corrected chi connectivity index (χ1v) is 6.41. The highest BCUT2D eigenvalue weighted by atomic mass is 35.5. The molecule has 2 aromatic rings. The number of aryl methyl sites for hydroxylation is 1. The third-order valence-electron chi connectivity index (χ3n) is 1.75. The van der Waals surface area contributed by atoms with E-state index in [1.165, 1.54) is 23.7 Å². The summed E-state index contributed by atoms with van der Waals surface area (Å²) in [5.74, 6) is -0.394. The van der Waals surface area contributed by atoms with Crippen molar-refractivity contribution >= 4 is 40.9 Å². The van der Waals surface area contributed by atoms with Crippen LogP contribution >= 0.6 is 34.9 Å². The van der Waals surface area contributed by atoms with Crippen molar-refractivity contribution in [1.82, 2.24) is 14.3 Å². The standard InChI is InChI=1S/C9H6ClN3O2S2/c1-4-11-9(17-13-4)16-7-5(8(14)15)2-3-6(10)12-7/h2-3H,1H3,(H,14,15). The Labute approximate surface area is 110 Å². The van der Waals surface area contributed by atoms with Crippen LogP contribution in [-0.4, -0.2) is 25.4 Å². The lowest BCUT2D eigenvalue weighted by atomic mass is 10.3. The maximum Gasteiger partial charge on any atom is 0.338 e. The van der Waals surface area contributed by atoms with E-state index < -0.39 is 5.97 Å². The zero-order chi connectivity index (χ0) is 12.4. The van der Waals surface area contributed by atoms with Gasteiger partial charge in [0.15, 0.2) is 4.34 Å². The maximum absolute atomic E-state index is 11.0. The van der Waals surface area contributed by atoms with E-state index in [9.17, 15) is 4.79 Å². The van der Waals surface area contributed by atoms with Crippen molar-refractivity contribution in [3.63, 3.8) is 0 Å². The zero-order valence-corrected chi connectivity index (χ0v) is 10.9. The molecule has 2 aromatic heterocycles. The van der Waals surface area contributed by atoms with Gasteiger partial charge in [0.2, 0.25) is 0 Å². The average Bonchev–Trinajstić information content (AvgIpc) is 2.63. The van der Waals surface area contributed by atoms with Crippen LogP contribution in [0.4, 0.5) is 0 Å². The average molecular weight is 288 g/mol. The van der Waals surface area contributed by atoms with E-state index in [4.69, 9.17) is 16.7 Å². The molecule has 0 atom stereocenters. The van der Waals surface area contributed by atoms with Crippen molar-refractivity contribution in [3.8, 4) is 0 Å². The summed E-state index contributed by atoms with van der Waals surface area (Å²) in [6, 6.07) is 2.87. The lowest BCUT2D eigenvalue weighted by Crippen LogP contribution is -2.00. The van der Waals surface area contributed by atoms with Gasteiger partial charge < -0.3 is 5.11 Å². The lowest BCUT2D eigenvalue weighted by molar-refractivity contribution is 0.0692. The molecule has 0 fully saturated rings.